The molecule has 3 aliphatic rings. The molecule has 2 aromatic carbocycles. The number of hydrogen-bond donors (Lipinski definition) is 2. The zero-order valence-electron chi connectivity index (χ0n) is 25.0. The summed E-state index contributed by atoms with van der Waals surface area (Å²) in [7, 11) is 2.07. The summed E-state index contributed by atoms with van der Waals surface area (Å²) in [5.41, 5.74) is 4.06. The van der Waals surface area contributed by atoms with Gasteiger partial charge in [-0.25, -0.2) is 14.4 Å². The Labute approximate surface area is 261 Å². The molecule has 6 rings (SSSR count). The number of hydrogen-bond acceptors (Lipinski definition) is 8. The van der Waals surface area contributed by atoms with E-state index in [1.165, 1.54) is 17.0 Å². The Morgan fingerprint density at radius 1 is 1.14 bits per heavy atom. The zero-order valence-corrected chi connectivity index (χ0v) is 25.7. The van der Waals surface area contributed by atoms with Crippen molar-refractivity contribution in [1.29, 1.82) is 0 Å². The fourth-order valence-electron chi connectivity index (χ4n) is 5.94. The number of rotatable bonds is 8. The lowest BCUT2D eigenvalue weighted by atomic mass is 10.0. The molecule has 10 nitrogen and oxygen atoms in total. The molecule has 0 aliphatic carbocycles. The van der Waals surface area contributed by atoms with Crippen LogP contribution >= 0.6 is 11.6 Å². The number of nitrogens with one attached hydrogen (secondary N) is 2. The molecule has 2 N–H and O–H groups in total. The van der Waals surface area contributed by atoms with Crippen LogP contribution in [0.4, 0.5) is 16.0 Å². The molecular weight excluding hydrogens is 585 g/mol. The molecule has 0 saturated carbocycles. The number of likely N-dealkylation sites (N-methyl/N-ethyl adjacent to an activating group) is 1. The molecular formula is C32H37ClFN7O3. The molecule has 3 aromatic rings. The molecule has 44 heavy (non-hydrogen) atoms. The van der Waals surface area contributed by atoms with Crippen LogP contribution in [0.5, 0.6) is 0 Å². The van der Waals surface area contributed by atoms with Crippen molar-refractivity contribution in [3.05, 3.63) is 70.1 Å². The third-order valence-corrected chi connectivity index (χ3v) is 8.82. The number of piperazine rings is 1. The molecule has 1 atom stereocenters. The summed E-state index contributed by atoms with van der Waals surface area (Å²) < 4.78 is 20.0. The maximum atomic E-state index is 14.6. The van der Waals surface area contributed by atoms with Gasteiger partial charge < -0.3 is 30.1 Å². The predicted octanol–water partition coefficient (Wildman–Crippen LogP) is 4.11. The Bertz CT molecular complexity index is 1540. The van der Waals surface area contributed by atoms with Crippen LogP contribution in [-0.4, -0.2) is 90.6 Å². The van der Waals surface area contributed by atoms with E-state index in [0.29, 0.717) is 53.1 Å². The van der Waals surface area contributed by atoms with Gasteiger partial charge in [-0.3, -0.25) is 9.59 Å². The second-order valence-corrected chi connectivity index (χ2v) is 12.2. The van der Waals surface area contributed by atoms with Gasteiger partial charge in [0, 0.05) is 68.8 Å². The van der Waals surface area contributed by atoms with Gasteiger partial charge in [0.25, 0.3) is 5.91 Å². The van der Waals surface area contributed by atoms with Crippen molar-refractivity contribution in [1.82, 2.24) is 25.1 Å². The Balaban J connectivity index is 1.10. The average Bonchev–Trinajstić information content (AvgIpc) is 3.32. The number of halogens is 2. The highest BCUT2D eigenvalue weighted by Crippen LogP contribution is 2.32. The standard InChI is InChI=1S/C32H37ClFN7O3/c1-20(23-13-24(34)16-26(14-23)40-9-7-39(2)8-10-40)36-29(42)19-41-18-22-4-3-21(15-27(22)31(41)43)30-28(33)17-35-32(38-30)37-25-5-11-44-12-6-25/h3-4,13-17,20,25H,5-12,18-19H2,1-2H3,(H,36,42)(H,35,37,38). The average molecular weight is 622 g/mol. The monoisotopic (exact) mass is 621 g/mol. The van der Waals surface area contributed by atoms with Crippen molar-refractivity contribution in [3.63, 3.8) is 0 Å². The van der Waals surface area contributed by atoms with E-state index >= 15 is 0 Å². The first kappa shape index (κ1) is 30.2. The minimum Gasteiger partial charge on any atom is -0.381 e. The highest BCUT2D eigenvalue weighted by atomic mass is 35.5. The lowest BCUT2D eigenvalue weighted by molar-refractivity contribution is -0.122. The van der Waals surface area contributed by atoms with E-state index in [1.807, 2.05) is 25.1 Å². The van der Waals surface area contributed by atoms with Crippen LogP contribution in [0.1, 0.15) is 47.3 Å². The van der Waals surface area contributed by atoms with E-state index in [4.69, 9.17) is 16.3 Å². The molecule has 1 unspecified atom stereocenters. The first-order valence-electron chi connectivity index (χ1n) is 15.1. The van der Waals surface area contributed by atoms with Crippen molar-refractivity contribution < 1.29 is 18.7 Å². The number of carbonyl (C=O) groups is 2. The largest absolute Gasteiger partial charge is 0.381 e. The molecule has 2 amide bonds. The number of amides is 2. The lowest BCUT2D eigenvalue weighted by Gasteiger charge is -2.34. The maximum Gasteiger partial charge on any atom is 0.254 e. The number of ether oxygens (including phenoxy) is 1. The number of fused-ring (bicyclic) bond motifs is 1. The van der Waals surface area contributed by atoms with Crippen molar-refractivity contribution in [2.24, 2.45) is 0 Å². The third-order valence-electron chi connectivity index (χ3n) is 8.55. The number of anilines is 2. The van der Waals surface area contributed by atoms with E-state index in [-0.39, 0.29) is 30.2 Å². The van der Waals surface area contributed by atoms with Gasteiger partial charge in [0.1, 0.15) is 12.4 Å². The van der Waals surface area contributed by atoms with E-state index < -0.39 is 6.04 Å². The Kier molecular flexibility index (Phi) is 8.97. The highest BCUT2D eigenvalue weighted by Gasteiger charge is 2.30. The predicted molar refractivity (Wildman–Crippen MR) is 167 cm³/mol. The SMILES string of the molecule is CC(NC(=O)CN1Cc2ccc(-c3nc(NC4CCOCC4)ncc3Cl)cc2C1=O)c1cc(F)cc(N2CCN(C)CC2)c1. The van der Waals surface area contributed by atoms with E-state index in [1.54, 1.807) is 12.3 Å². The molecule has 232 valence electrons. The summed E-state index contributed by atoms with van der Waals surface area (Å²) in [4.78, 5) is 41.3. The van der Waals surface area contributed by atoms with Gasteiger partial charge in [0.2, 0.25) is 11.9 Å². The molecule has 0 radical (unpaired) electrons. The van der Waals surface area contributed by atoms with Crippen molar-refractivity contribution in [2.45, 2.75) is 38.4 Å². The van der Waals surface area contributed by atoms with Crippen LogP contribution in [0.15, 0.2) is 42.6 Å². The van der Waals surface area contributed by atoms with E-state index in [2.05, 4.69) is 37.4 Å². The first-order valence-corrected chi connectivity index (χ1v) is 15.4. The summed E-state index contributed by atoms with van der Waals surface area (Å²) in [5, 5.41) is 6.68. The van der Waals surface area contributed by atoms with Gasteiger partial charge in [0.15, 0.2) is 0 Å². The summed E-state index contributed by atoms with van der Waals surface area (Å²) in [6, 6.07) is 10.2. The molecule has 0 bridgehead atoms. The number of nitrogens with zero attached hydrogens (tertiary/aromatic N) is 5. The fourth-order valence-corrected chi connectivity index (χ4v) is 6.14. The Morgan fingerprint density at radius 2 is 1.91 bits per heavy atom. The maximum absolute atomic E-state index is 14.6. The topological polar surface area (TPSA) is 103 Å². The van der Waals surface area contributed by atoms with Gasteiger partial charge in [0.05, 0.1) is 23.0 Å². The van der Waals surface area contributed by atoms with Gasteiger partial charge in [-0.1, -0.05) is 23.7 Å². The fraction of sp³-hybridized carbons (Fsp3) is 0.438. The van der Waals surface area contributed by atoms with Crippen molar-refractivity contribution in [2.75, 3.05) is 63.2 Å². The molecule has 12 heteroatoms. The minimum atomic E-state index is -0.431. The van der Waals surface area contributed by atoms with Gasteiger partial charge in [-0.2, -0.15) is 0 Å². The smallest absolute Gasteiger partial charge is 0.254 e. The van der Waals surface area contributed by atoms with Crippen molar-refractivity contribution >= 4 is 35.1 Å². The van der Waals surface area contributed by atoms with E-state index in [9.17, 15) is 14.0 Å². The van der Waals surface area contributed by atoms with Crippen LogP contribution in [0.2, 0.25) is 5.02 Å². The van der Waals surface area contributed by atoms with Gasteiger partial charge in [-0.15, -0.1) is 0 Å². The van der Waals surface area contributed by atoms with E-state index in [0.717, 1.165) is 50.3 Å². The number of benzene rings is 2. The molecule has 2 fully saturated rings. The third kappa shape index (κ3) is 6.80. The summed E-state index contributed by atoms with van der Waals surface area (Å²) in [6.07, 6.45) is 3.30. The van der Waals surface area contributed by atoms with Crippen molar-refractivity contribution in [3.8, 4) is 11.3 Å². The van der Waals surface area contributed by atoms with Crippen LogP contribution in [0.3, 0.4) is 0 Å². The van der Waals surface area contributed by atoms with Gasteiger partial charge in [-0.05, 0) is 62.2 Å². The Morgan fingerprint density at radius 3 is 2.68 bits per heavy atom. The minimum absolute atomic E-state index is 0.110. The van der Waals surface area contributed by atoms with Crippen LogP contribution in [0, 0.1) is 5.82 Å². The molecule has 1 aromatic heterocycles. The second kappa shape index (κ2) is 13.1. The number of carbonyl (C=O) groups excluding carboxylic acids is 2. The molecule has 4 heterocycles. The summed E-state index contributed by atoms with van der Waals surface area (Å²) in [5.74, 6) is -0.413. The van der Waals surface area contributed by atoms with Crippen LogP contribution in [0.25, 0.3) is 11.3 Å². The van der Waals surface area contributed by atoms with Crippen LogP contribution in [-0.2, 0) is 16.1 Å². The molecule has 0 spiro atoms. The quantitative estimate of drug-likeness (QED) is 0.388. The summed E-state index contributed by atoms with van der Waals surface area (Å²) >= 11 is 6.48. The molecule has 3 aliphatic heterocycles. The Hall–Kier alpha value is -3.80. The van der Waals surface area contributed by atoms with Gasteiger partial charge >= 0.3 is 0 Å². The molecule has 2 saturated heterocycles. The normalized spacial score (nSPS) is 18.3. The number of aromatic nitrogens is 2. The lowest BCUT2D eigenvalue weighted by Crippen LogP contribution is -2.44. The first-order chi connectivity index (χ1) is 21.2. The van der Waals surface area contributed by atoms with Crippen LogP contribution < -0.4 is 15.5 Å². The highest BCUT2D eigenvalue weighted by molar-refractivity contribution is 6.33. The summed E-state index contributed by atoms with van der Waals surface area (Å²) in [6.45, 7) is 6.87. The second-order valence-electron chi connectivity index (χ2n) is 11.8. The zero-order chi connectivity index (χ0) is 30.8.